The average molecular weight is 506 g/mol. The van der Waals surface area contributed by atoms with Gasteiger partial charge in [0.2, 0.25) is 0 Å². The molecule has 1 saturated heterocycles. The number of amides is 3. The third-order valence-corrected chi connectivity index (χ3v) is 7.39. The third kappa shape index (κ3) is 5.23. The number of methoxy groups -OCH3 is 1. The number of pyridine rings is 1. The molecular weight excluding hydrogens is 474 g/mol. The van der Waals surface area contributed by atoms with Gasteiger partial charge in [0, 0.05) is 37.1 Å². The number of nitrogens with one attached hydrogen (secondary N) is 1. The van der Waals surface area contributed by atoms with Gasteiger partial charge < -0.3 is 29.0 Å². The fourth-order valence-corrected chi connectivity index (χ4v) is 5.49. The molecule has 0 bridgehead atoms. The number of para-hydroxylation sites is 1. The summed E-state index contributed by atoms with van der Waals surface area (Å²) in [5, 5.41) is 3.04. The van der Waals surface area contributed by atoms with E-state index in [9.17, 15) is 14.4 Å². The maximum atomic E-state index is 13.1. The van der Waals surface area contributed by atoms with Gasteiger partial charge in [-0.25, -0.2) is 19.4 Å². The summed E-state index contributed by atoms with van der Waals surface area (Å²) in [6.07, 6.45) is 7.22. The molecule has 1 aromatic carbocycles. The molecule has 0 saturated carbocycles. The maximum Gasteiger partial charge on any atom is 0.517 e. The van der Waals surface area contributed by atoms with Gasteiger partial charge in [0.05, 0.1) is 25.2 Å². The molecule has 5 rings (SSSR count). The first kappa shape index (κ1) is 24.6. The number of rotatable bonds is 4. The summed E-state index contributed by atoms with van der Waals surface area (Å²) in [5.74, 6) is 0. The van der Waals surface area contributed by atoms with Crippen LogP contribution < -0.4 is 5.32 Å². The average Bonchev–Trinajstić information content (AvgIpc) is 3.31. The predicted octanol–water partition coefficient (Wildman–Crippen LogP) is 4.40. The zero-order valence-electron chi connectivity index (χ0n) is 21.1. The van der Waals surface area contributed by atoms with Gasteiger partial charge in [0.25, 0.3) is 0 Å². The Kier molecular flexibility index (Phi) is 6.98. The summed E-state index contributed by atoms with van der Waals surface area (Å²) in [5.41, 5.74) is 5.25. The van der Waals surface area contributed by atoms with E-state index in [1.807, 2.05) is 52.9 Å². The lowest BCUT2D eigenvalue weighted by Gasteiger charge is -2.42. The molecule has 0 spiro atoms. The summed E-state index contributed by atoms with van der Waals surface area (Å²) in [6, 6.07) is 9.60. The van der Waals surface area contributed by atoms with Crippen LogP contribution in [0.2, 0.25) is 0 Å². The number of urea groups is 1. The number of aromatic nitrogens is 2. The molecule has 2 aromatic heterocycles. The van der Waals surface area contributed by atoms with E-state index in [1.54, 1.807) is 11.2 Å². The molecule has 37 heavy (non-hydrogen) atoms. The highest BCUT2D eigenvalue weighted by Gasteiger charge is 2.37. The molecule has 4 heterocycles. The Labute approximate surface area is 215 Å². The Bertz CT molecular complexity index is 1320. The van der Waals surface area contributed by atoms with E-state index < -0.39 is 12.2 Å². The van der Waals surface area contributed by atoms with Gasteiger partial charge in [-0.1, -0.05) is 24.3 Å². The number of aryl methyl sites for hydroxylation is 2. The Hall–Kier alpha value is -4.08. The van der Waals surface area contributed by atoms with Gasteiger partial charge in [-0.3, -0.25) is 0 Å². The second-order valence-corrected chi connectivity index (χ2v) is 9.63. The molecule has 2 aliphatic rings. The second kappa shape index (κ2) is 10.5. The summed E-state index contributed by atoms with van der Waals surface area (Å²) < 4.78 is 11.4. The SMILES string of the molecule is COC(=O)OC(=O)N1CC[C@@H](N2CCc3ccccc3NC2=O)C[C@H]1CCc1cc(C)c2cncn2c1. The lowest BCUT2D eigenvalue weighted by Crippen LogP contribution is -2.54. The smallest absolute Gasteiger partial charge is 0.437 e. The molecule has 10 heteroatoms. The number of ether oxygens (including phenoxy) is 2. The number of imidazole rings is 1. The maximum absolute atomic E-state index is 13.1. The Balaban J connectivity index is 1.33. The van der Waals surface area contributed by atoms with Crippen molar-refractivity contribution in [1.29, 1.82) is 0 Å². The van der Waals surface area contributed by atoms with E-state index >= 15 is 0 Å². The largest absolute Gasteiger partial charge is 0.517 e. The quantitative estimate of drug-likeness (QED) is 0.416. The predicted molar refractivity (Wildman–Crippen MR) is 137 cm³/mol. The number of hydrogen-bond donors (Lipinski definition) is 1. The molecule has 0 radical (unpaired) electrons. The Morgan fingerprint density at radius 3 is 2.89 bits per heavy atom. The zero-order valence-corrected chi connectivity index (χ0v) is 21.1. The van der Waals surface area contributed by atoms with Crippen LogP contribution in [0.5, 0.6) is 0 Å². The van der Waals surface area contributed by atoms with Crippen LogP contribution in [-0.4, -0.2) is 69.7 Å². The van der Waals surface area contributed by atoms with Gasteiger partial charge in [0.15, 0.2) is 0 Å². The van der Waals surface area contributed by atoms with E-state index in [2.05, 4.69) is 21.1 Å². The molecule has 1 N–H and O–H groups in total. The van der Waals surface area contributed by atoms with E-state index in [-0.39, 0.29) is 18.1 Å². The number of anilines is 1. The fourth-order valence-electron chi connectivity index (χ4n) is 5.49. The first-order chi connectivity index (χ1) is 17.9. The van der Waals surface area contributed by atoms with Crippen LogP contribution in [-0.2, 0) is 22.3 Å². The van der Waals surface area contributed by atoms with Crippen molar-refractivity contribution in [2.45, 2.75) is 51.1 Å². The van der Waals surface area contributed by atoms with Crippen molar-refractivity contribution in [2.24, 2.45) is 0 Å². The third-order valence-electron chi connectivity index (χ3n) is 7.39. The summed E-state index contributed by atoms with van der Waals surface area (Å²) in [4.78, 5) is 45.3. The highest BCUT2D eigenvalue weighted by Crippen LogP contribution is 2.29. The topological polar surface area (TPSA) is 105 Å². The van der Waals surface area contributed by atoms with E-state index in [0.29, 0.717) is 38.8 Å². The van der Waals surface area contributed by atoms with Crippen LogP contribution in [0.3, 0.4) is 0 Å². The molecule has 2 aliphatic heterocycles. The number of likely N-dealkylation sites (tertiary alicyclic amines) is 1. The lowest BCUT2D eigenvalue weighted by molar-refractivity contribution is 0.0442. The Morgan fingerprint density at radius 2 is 2.05 bits per heavy atom. The summed E-state index contributed by atoms with van der Waals surface area (Å²) in [6.45, 7) is 3.03. The van der Waals surface area contributed by atoms with Crippen LogP contribution in [0.4, 0.5) is 20.1 Å². The standard InChI is InChI=1S/C27H31N5O5/c1-18-13-19(16-30-17-28-15-24(18)30)7-8-21-14-22(10-12-32(21)26(34)37-27(35)36-2)31-11-9-20-5-3-4-6-23(20)29-25(31)33/h3-6,13,15-17,21-22H,7-12,14H2,1-2H3,(H,29,33)/t21-,22-/m1/s1. The van der Waals surface area contributed by atoms with E-state index in [4.69, 9.17) is 4.74 Å². The van der Waals surface area contributed by atoms with Crippen molar-refractivity contribution in [3.8, 4) is 0 Å². The molecule has 3 aromatic rings. The number of nitrogens with zero attached hydrogens (tertiary/aromatic N) is 4. The first-order valence-corrected chi connectivity index (χ1v) is 12.6. The normalized spacial score (nSPS) is 19.7. The summed E-state index contributed by atoms with van der Waals surface area (Å²) in [7, 11) is 1.17. The van der Waals surface area contributed by atoms with Crippen molar-refractivity contribution in [3.63, 3.8) is 0 Å². The van der Waals surface area contributed by atoms with Crippen LogP contribution >= 0.6 is 0 Å². The van der Waals surface area contributed by atoms with Crippen LogP contribution in [0.15, 0.2) is 49.1 Å². The number of benzene rings is 1. The first-order valence-electron chi connectivity index (χ1n) is 12.6. The number of piperidine rings is 1. The van der Waals surface area contributed by atoms with Crippen molar-refractivity contribution in [1.82, 2.24) is 19.2 Å². The molecular formula is C27H31N5O5. The molecule has 3 amide bonds. The number of carbonyl (C=O) groups excluding carboxylic acids is 3. The minimum atomic E-state index is -1.03. The van der Waals surface area contributed by atoms with Gasteiger partial charge >= 0.3 is 18.3 Å². The monoisotopic (exact) mass is 505 g/mol. The zero-order chi connectivity index (χ0) is 25.9. The van der Waals surface area contributed by atoms with Gasteiger partial charge in [-0.05, 0) is 61.8 Å². The second-order valence-electron chi connectivity index (χ2n) is 9.63. The highest BCUT2D eigenvalue weighted by molar-refractivity contribution is 5.91. The number of hydrogen-bond acceptors (Lipinski definition) is 6. The van der Waals surface area contributed by atoms with Crippen LogP contribution in [0, 0.1) is 6.92 Å². The molecule has 194 valence electrons. The van der Waals surface area contributed by atoms with Crippen molar-refractivity contribution in [2.75, 3.05) is 25.5 Å². The van der Waals surface area contributed by atoms with Crippen LogP contribution in [0.1, 0.15) is 36.0 Å². The Morgan fingerprint density at radius 1 is 1.22 bits per heavy atom. The van der Waals surface area contributed by atoms with Gasteiger partial charge in [0.1, 0.15) is 0 Å². The van der Waals surface area contributed by atoms with Gasteiger partial charge in [-0.2, -0.15) is 0 Å². The van der Waals surface area contributed by atoms with Crippen molar-refractivity contribution in [3.05, 3.63) is 65.7 Å². The molecule has 1 fully saturated rings. The van der Waals surface area contributed by atoms with Gasteiger partial charge in [-0.15, -0.1) is 0 Å². The van der Waals surface area contributed by atoms with Crippen molar-refractivity contribution >= 4 is 29.5 Å². The molecule has 10 nitrogen and oxygen atoms in total. The molecule has 0 unspecified atom stereocenters. The minimum absolute atomic E-state index is 0.0423. The highest BCUT2D eigenvalue weighted by atomic mass is 16.7. The lowest BCUT2D eigenvalue weighted by atomic mass is 9.91. The molecule has 2 atom stereocenters. The van der Waals surface area contributed by atoms with E-state index in [0.717, 1.165) is 34.3 Å². The number of carbonyl (C=O) groups is 3. The van der Waals surface area contributed by atoms with E-state index in [1.165, 1.54) is 7.11 Å². The number of fused-ring (bicyclic) bond motifs is 2. The van der Waals surface area contributed by atoms with Crippen molar-refractivity contribution < 1.29 is 23.9 Å². The molecule has 0 aliphatic carbocycles. The van der Waals surface area contributed by atoms with Crippen LogP contribution in [0.25, 0.3) is 5.52 Å². The summed E-state index contributed by atoms with van der Waals surface area (Å²) >= 11 is 0. The minimum Gasteiger partial charge on any atom is -0.437 e. The fraction of sp³-hybridized carbons (Fsp3) is 0.407.